The van der Waals surface area contributed by atoms with E-state index in [0.717, 1.165) is 6.54 Å². The average molecular weight is 186 g/mol. The average Bonchev–Trinajstić information content (AvgIpc) is 2.69. The minimum Gasteiger partial charge on any atom is -0.379 e. The van der Waals surface area contributed by atoms with E-state index in [2.05, 4.69) is 41.5 Å². The van der Waals surface area contributed by atoms with Crippen molar-refractivity contribution in [2.24, 2.45) is 0 Å². The fourth-order valence-corrected chi connectivity index (χ4v) is 1.44. The molecule has 2 rings (SSSR count). The molecule has 0 saturated heterocycles. The molecule has 1 heterocycles. The van der Waals surface area contributed by atoms with E-state index in [1.54, 1.807) is 0 Å². The molecule has 1 aromatic heterocycles. The van der Waals surface area contributed by atoms with Gasteiger partial charge in [0.05, 0.1) is 6.54 Å². The Bertz CT molecular complexity index is 390. The summed E-state index contributed by atoms with van der Waals surface area (Å²) in [5.74, 6) is 0. The summed E-state index contributed by atoms with van der Waals surface area (Å²) >= 11 is 0. The Hall–Kier alpha value is -1.70. The minimum absolute atomic E-state index is 0.845. The molecule has 72 valence electrons. The second-order valence-corrected chi connectivity index (χ2v) is 3.36. The van der Waals surface area contributed by atoms with Crippen molar-refractivity contribution in [1.29, 1.82) is 0 Å². The Morgan fingerprint density at radius 2 is 2.00 bits per heavy atom. The Morgan fingerprint density at radius 1 is 1.14 bits per heavy atom. The third-order valence-electron chi connectivity index (χ3n) is 2.28. The topological polar surface area (TPSA) is 27.8 Å². The highest BCUT2D eigenvalue weighted by molar-refractivity contribution is 5.50. The van der Waals surface area contributed by atoms with Gasteiger partial charge in [-0.15, -0.1) is 0 Å². The highest BCUT2D eigenvalue weighted by Gasteiger charge is 1.96. The van der Waals surface area contributed by atoms with Crippen molar-refractivity contribution in [3.8, 4) is 0 Å². The highest BCUT2D eigenvalue weighted by atomic mass is 14.9. The van der Waals surface area contributed by atoms with Gasteiger partial charge in [0.2, 0.25) is 0 Å². The highest BCUT2D eigenvalue weighted by Crippen LogP contribution is 2.13. The van der Waals surface area contributed by atoms with Crippen LogP contribution >= 0.6 is 0 Å². The molecule has 0 radical (unpaired) electrons. The van der Waals surface area contributed by atoms with Gasteiger partial charge in [-0.3, -0.25) is 0 Å². The first-order valence-electron chi connectivity index (χ1n) is 4.78. The molecule has 0 fully saturated rings. The molecule has 0 atom stereocenters. The van der Waals surface area contributed by atoms with Gasteiger partial charge in [0.15, 0.2) is 0 Å². The smallest absolute Gasteiger partial charge is 0.0551 e. The first kappa shape index (κ1) is 8.88. The molecule has 2 nitrogen and oxygen atoms in total. The van der Waals surface area contributed by atoms with Crippen molar-refractivity contribution >= 4 is 5.69 Å². The van der Waals surface area contributed by atoms with Crippen LogP contribution < -0.4 is 5.32 Å². The molecular weight excluding hydrogens is 172 g/mol. The molecule has 0 amide bonds. The van der Waals surface area contributed by atoms with E-state index in [1.165, 1.54) is 16.9 Å². The number of aromatic nitrogens is 1. The lowest BCUT2D eigenvalue weighted by Gasteiger charge is -2.07. The van der Waals surface area contributed by atoms with Gasteiger partial charge < -0.3 is 10.3 Å². The third-order valence-corrected chi connectivity index (χ3v) is 2.28. The lowest BCUT2D eigenvalue weighted by atomic mass is 10.2. The van der Waals surface area contributed by atoms with Crippen molar-refractivity contribution in [3.05, 3.63) is 53.9 Å². The third kappa shape index (κ3) is 1.96. The molecule has 0 aliphatic rings. The fraction of sp³-hybridized carbons (Fsp3) is 0.167. The Morgan fingerprint density at radius 3 is 2.71 bits per heavy atom. The maximum atomic E-state index is 3.38. The summed E-state index contributed by atoms with van der Waals surface area (Å²) in [6.07, 6.45) is 1.94. The van der Waals surface area contributed by atoms with E-state index >= 15 is 0 Å². The van der Waals surface area contributed by atoms with E-state index in [1.807, 2.05) is 18.3 Å². The monoisotopic (exact) mass is 186 g/mol. The van der Waals surface area contributed by atoms with E-state index in [4.69, 9.17) is 0 Å². The van der Waals surface area contributed by atoms with Crippen LogP contribution in [0.1, 0.15) is 11.3 Å². The zero-order chi connectivity index (χ0) is 9.80. The van der Waals surface area contributed by atoms with Crippen LogP contribution in [-0.2, 0) is 6.54 Å². The van der Waals surface area contributed by atoms with Crippen molar-refractivity contribution in [2.45, 2.75) is 13.5 Å². The molecule has 0 aliphatic carbocycles. The van der Waals surface area contributed by atoms with E-state index in [0.29, 0.717) is 0 Å². The molecule has 14 heavy (non-hydrogen) atoms. The predicted octanol–water partition coefficient (Wildman–Crippen LogP) is 2.94. The van der Waals surface area contributed by atoms with E-state index in [9.17, 15) is 0 Å². The van der Waals surface area contributed by atoms with Crippen LogP contribution in [0.25, 0.3) is 0 Å². The van der Waals surface area contributed by atoms with Crippen molar-refractivity contribution in [1.82, 2.24) is 4.98 Å². The molecular formula is C12H14N2. The van der Waals surface area contributed by atoms with Gasteiger partial charge >= 0.3 is 0 Å². The fourth-order valence-electron chi connectivity index (χ4n) is 1.44. The predicted molar refractivity (Wildman–Crippen MR) is 59.3 cm³/mol. The summed E-state index contributed by atoms with van der Waals surface area (Å²) in [6, 6.07) is 12.4. The summed E-state index contributed by atoms with van der Waals surface area (Å²) in [5.41, 5.74) is 3.68. The van der Waals surface area contributed by atoms with Crippen LogP contribution in [0.15, 0.2) is 42.6 Å². The Kier molecular flexibility index (Phi) is 2.54. The van der Waals surface area contributed by atoms with E-state index in [-0.39, 0.29) is 0 Å². The van der Waals surface area contributed by atoms with Crippen molar-refractivity contribution in [2.75, 3.05) is 5.32 Å². The number of aromatic amines is 1. The second kappa shape index (κ2) is 4.01. The molecule has 2 N–H and O–H groups in total. The van der Waals surface area contributed by atoms with Crippen molar-refractivity contribution < 1.29 is 0 Å². The SMILES string of the molecule is Cc1ccccc1NCc1ccc[nH]1. The van der Waals surface area contributed by atoms with Crippen LogP contribution in [0.3, 0.4) is 0 Å². The summed E-state index contributed by atoms with van der Waals surface area (Å²) in [4.78, 5) is 3.16. The van der Waals surface area contributed by atoms with Gasteiger partial charge in [0.25, 0.3) is 0 Å². The molecule has 0 aliphatic heterocycles. The van der Waals surface area contributed by atoms with Crippen LogP contribution in [0, 0.1) is 6.92 Å². The normalized spacial score (nSPS) is 10.1. The molecule has 1 aromatic carbocycles. The number of nitrogens with one attached hydrogen (secondary N) is 2. The lowest BCUT2D eigenvalue weighted by molar-refractivity contribution is 1.07. The summed E-state index contributed by atoms with van der Waals surface area (Å²) in [5, 5.41) is 3.38. The standard InChI is InChI=1S/C12H14N2/c1-10-5-2-3-7-12(10)14-9-11-6-4-8-13-11/h2-8,13-14H,9H2,1H3. The van der Waals surface area contributed by atoms with Gasteiger partial charge in [-0.05, 0) is 30.7 Å². The number of anilines is 1. The number of H-pyrrole nitrogens is 1. The zero-order valence-corrected chi connectivity index (χ0v) is 8.25. The second-order valence-electron chi connectivity index (χ2n) is 3.36. The molecule has 0 spiro atoms. The largest absolute Gasteiger partial charge is 0.379 e. The number of hydrogen-bond donors (Lipinski definition) is 2. The molecule has 2 heteroatoms. The van der Waals surface area contributed by atoms with Gasteiger partial charge in [-0.25, -0.2) is 0 Å². The number of hydrogen-bond acceptors (Lipinski definition) is 1. The van der Waals surface area contributed by atoms with Gasteiger partial charge in [-0.1, -0.05) is 18.2 Å². The first-order valence-corrected chi connectivity index (χ1v) is 4.78. The Labute approximate surface area is 84.0 Å². The van der Waals surface area contributed by atoms with Crippen LogP contribution in [-0.4, -0.2) is 4.98 Å². The van der Waals surface area contributed by atoms with Crippen LogP contribution in [0.2, 0.25) is 0 Å². The number of para-hydroxylation sites is 1. The van der Waals surface area contributed by atoms with Crippen LogP contribution in [0.5, 0.6) is 0 Å². The maximum Gasteiger partial charge on any atom is 0.0551 e. The van der Waals surface area contributed by atoms with E-state index < -0.39 is 0 Å². The first-order chi connectivity index (χ1) is 6.86. The summed E-state index contributed by atoms with van der Waals surface area (Å²) in [7, 11) is 0. The summed E-state index contributed by atoms with van der Waals surface area (Å²) < 4.78 is 0. The number of aryl methyl sites for hydroxylation is 1. The zero-order valence-electron chi connectivity index (χ0n) is 8.25. The minimum atomic E-state index is 0.845. The lowest BCUT2D eigenvalue weighted by Crippen LogP contribution is -2.00. The van der Waals surface area contributed by atoms with Gasteiger partial charge in [-0.2, -0.15) is 0 Å². The maximum absolute atomic E-state index is 3.38. The number of benzene rings is 1. The quantitative estimate of drug-likeness (QED) is 0.757. The van der Waals surface area contributed by atoms with Gasteiger partial charge in [0.1, 0.15) is 0 Å². The molecule has 0 unspecified atom stereocenters. The van der Waals surface area contributed by atoms with Crippen molar-refractivity contribution in [3.63, 3.8) is 0 Å². The van der Waals surface area contributed by atoms with Crippen LogP contribution in [0.4, 0.5) is 5.69 Å². The summed E-state index contributed by atoms with van der Waals surface area (Å²) in [6.45, 7) is 2.95. The molecule has 2 aromatic rings. The van der Waals surface area contributed by atoms with Gasteiger partial charge in [0, 0.05) is 17.6 Å². The number of rotatable bonds is 3. The molecule has 0 saturated carbocycles. The Balaban J connectivity index is 2.02. The molecule has 0 bridgehead atoms.